The Morgan fingerprint density at radius 2 is 1.45 bits per heavy atom. The summed E-state index contributed by atoms with van der Waals surface area (Å²) in [5.74, 6) is 1.90. The van der Waals surface area contributed by atoms with Crippen LogP contribution in [0, 0.1) is 0 Å². The zero-order valence-corrected chi connectivity index (χ0v) is 18.8. The number of imidazole rings is 1. The first kappa shape index (κ1) is 21.5. The summed E-state index contributed by atoms with van der Waals surface area (Å²) in [7, 11) is 0. The smallest absolute Gasteiger partial charge is 0.166 e. The molecule has 0 radical (unpaired) electrons. The summed E-state index contributed by atoms with van der Waals surface area (Å²) in [4.78, 5) is 8.45. The van der Waals surface area contributed by atoms with Crippen LogP contribution in [-0.4, -0.2) is 22.3 Å². The Hall–Kier alpha value is -2.69. The van der Waals surface area contributed by atoms with E-state index < -0.39 is 0 Å². The van der Waals surface area contributed by atoms with Crippen LogP contribution in [0.4, 0.5) is 0 Å². The topological polar surface area (TPSA) is 37.9 Å². The molecule has 3 aromatic carbocycles. The summed E-state index contributed by atoms with van der Waals surface area (Å²) in [5, 5.41) is 1.70. The van der Waals surface area contributed by atoms with Gasteiger partial charge in [-0.15, -0.1) is 0 Å². The molecule has 0 aliphatic carbocycles. The van der Waals surface area contributed by atoms with Crippen molar-refractivity contribution in [3.63, 3.8) is 0 Å². The van der Waals surface area contributed by atoms with E-state index >= 15 is 0 Å². The first-order valence-electron chi connectivity index (χ1n) is 10.5. The van der Waals surface area contributed by atoms with E-state index in [1.165, 1.54) is 0 Å². The Balaban J connectivity index is 1.29. The van der Waals surface area contributed by atoms with E-state index in [4.69, 9.17) is 21.3 Å². The Morgan fingerprint density at radius 1 is 0.774 bits per heavy atom. The van der Waals surface area contributed by atoms with Crippen molar-refractivity contribution in [3.05, 3.63) is 90.0 Å². The first-order valence-corrected chi connectivity index (χ1v) is 11.9. The number of rotatable bonds is 10. The third-order valence-electron chi connectivity index (χ3n) is 4.90. The van der Waals surface area contributed by atoms with Crippen molar-refractivity contribution in [1.82, 2.24) is 9.97 Å². The lowest BCUT2D eigenvalue weighted by atomic mass is 10.1. The highest BCUT2D eigenvalue weighted by Crippen LogP contribution is 2.32. The number of aromatic nitrogens is 2. The molecular weight excluding hydrogens is 424 g/mol. The van der Waals surface area contributed by atoms with Gasteiger partial charge in [-0.2, -0.15) is 0 Å². The van der Waals surface area contributed by atoms with Gasteiger partial charge in [0.25, 0.3) is 0 Å². The largest absolute Gasteiger partial charge is 0.494 e. The van der Waals surface area contributed by atoms with Gasteiger partial charge in [0.05, 0.1) is 18.0 Å². The lowest BCUT2D eigenvalue weighted by molar-refractivity contribution is 0.306. The monoisotopic (exact) mass is 448 g/mol. The Morgan fingerprint density at radius 3 is 2.16 bits per heavy atom. The van der Waals surface area contributed by atoms with Gasteiger partial charge in [-0.1, -0.05) is 84.0 Å². The maximum atomic E-state index is 5.90. The highest BCUT2D eigenvalue weighted by atomic mass is 35.5. The van der Waals surface area contributed by atoms with Crippen LogP contribution in [0.25, 0.3) is 22.5 Å². The Bertz CT molecular complexity index is 1010. The van der Waals surface area contributed by atoms with Crippen molar-refractivity contribution in [1.29, 1.82) is 0 Å². The van der Waals surface area contributed by atoms with Gasteiger partial charge in [0, 0.05) is 21.9 Å². The molecule has 3 nitrogen and oxygen atoms in total. The lowest BCUT2D eigenvalue weighted by Crippen LogP contribution is -1.97. The molecule has 1 aromatic heterocycles. The molecule has 5 heteroatoms. The van der Waals surface area contributed by atoms with Crippen LogP contribution in [0.1, 0.15) is 19.3 Å². The van der Waals surface area contributed by atoms with E-state index in [1.807, 2.05) is 36.4 Å². The number of halogens is 1. The number of H-pyrrole nitrogens is 1. The van der Waals surface area contributed by atoms with Crippen LogP contribution in [0.5, 0.6) is 5.75 Å². The van der Waals surface area contributed by atoms with Gasteiger partial charge >= 0.3 is 0 Å². The quantitative estimate of drug-likeness (QED) is 0.199. The minimum atomic E-state index is 0.726. The second-order valence-corrected chi connectivity index (χ2v) is 8.73. The number of aromatic amines is 1. The van der Waals surface area contributed by atoms with E-state index in [0.717, 1.165) is 70.1 Å². The van der Waals surface area contributed by atoms with Crippen molar-refractivity contribution in [3.8, 4) is 28.3 Å². The molecule has 31 heavy (non-hydrogen) atoms. The number of nitrogens with zero attached hydrogens (tertiary/aromatic N) is 1. The van der Waals surface area contributed by atoms with E-state index in [9.17, 15) is 0 Å². The van der Waals surface area contributed by atoms with Crippen molar-refractivity contribution in [2.24, 2.45) is 0 Å². The molecule has 4 aromatic rings. The van der Waals surface area contributed by atoms with E-state index in [-0.39, 0.29) is 0 Å². The van der Waals surface area contributed by atoms with Gasteiger partial charge in [-0.3, -0.25) is 0 Å². The number of ether oxygens (including phenoxy) is 1. The molecule has 0 aliphatic rings. The molecule has 158 valence electrons. The molecule has 0 saturated heterocycles. The minimum absolute atomic E-state index is 0.726. The number of benzene rings is 3. The molecule has 0 atom stereocenters. The fraction of sp³-hybridized carbons (Fsp3) is 0.192. The molecule has 0 amide bonds. The average molecular weight is 449 g/mol. The summed E-state index contributed by atoms with van der Waals surface area (Å²) in [5.41, 5.74) is 4.36. The van der Waals surface area contributed by atoms with Crippen LogP contribution in [0.15, 0.2) is 90.1 Å². The van der Waals surface area contributed by atoms with Crippen LogP contribution in [-0.2, 0) is 0 Å². The third-order valence-corrected chi connectivity index (χ3v) is 6.11. The second-order valence-electron chi connectivity index (χ2n) is 7.21. The van der Waals surface area contributed by atoms with E-state index in [2.05, 4.69) is 53.5 Å². The van der Waals surface area contributed by atoms with Crippen molar-refractivity contribution >= 4 is 23.4 Å². The fourth-order valence-corrected chi connectivity index (χ4v) is 4.31. The van der Waals surface area contributed by atoms with Gasteiger partial charge in [0.1, 0.15) is 5.75 Å². The maximum Gasteiger partial charge on any atom is 0.166 e. The standard InChI is InChI=1S/C26H25ClN2OS/c27-22-14-16-23(17-15-22)30-18-8-3-9-19-31-26-28-24(20-10-4-1-5-11-20)25(29-26)21-12-6-2-7-13-21/h1-2,4-7,10-17H,3,8-9,18-19H2,(H,28,29). The zero-order chi connectivity index (χ0) is 21.3. The van der Waals surface area contributed by atoms with Crippen molar-refractivity contribution in [2.75, 3.05) is 12.4 Å². The summed E-state index contributed by atoms with van der Waals surface area (Å²) in [6.45, 7) is 0.726. The molecule has 0 fully saturated rings. The molecule has 0 saturated carbocycles. The van der Waals surface area contributed by atoms with Gasteiger partial charge in [0.2, 0.25) is 0 Å². The van der Waals surface area contributed by atoms with Gasteiger partial charge in [-0.25, -0.2) is 4.98 Å². The minimum Gasteiger partial charge on any atom is -0.494 e. The highest BCUT2D eigenvalue weighted by Gasteiger charge is 2.14. The fourth-order valence-electron chi connectivity index (χ4n) is 3.31. The molecule has 0 unspecified atom stereocenters. The summed E-state index contributed by atoms with van der Waals surface area (Å²) in [6.07, 6.45) is 3.28. The maximum absolute atomic E-state index is 5.90. The number of hydrogen-bond acceptors (Lipinski definition) is 3. The predicted octanol–water partition coefficient (Wildman–Crippen LogP) is 7.74. The SMILES string of the molecule is Clc1ccc(OCCCCCSc2nc(-c3ccccc3)c(-c3ccccc3)[nH]2)cc1. The van der Waals surface area contributed by atoms with Gasteiger partial charge in [0.15, 0.2) is 5.16 Å². The normalized spacial score (nSPS) is 10.9. The third kappa shape index (κ3) is 6.16. The highest BCUT2D eigenvalue weighted by molar-refractivity contribution is 7.99. The van der Waals surface area contributed by atoms with E-state index in [1.54, 1.807) is 11.8 Å². The van der Waals surface area contributed by atoms with Crippen LogP contribution in [0.2, 0.25) is 5.02 Å². The van der Waals surface area contributed by atoms with Crippen LogP contribution >= 0.6 is 23.4 Å². The van der Waals surface area contributed by atoms with Gasteiger partial charge < -0.3 is 9.72 Å². The van der Waals surface area contributed by atoms with Crippen LogP contribution in [0.3, 0.4) is 0 Å². The molecule has 0 bridgehead atoms. The lowest BCUT2D eigenvalue weighted by Gasteiger charge is -2.05. The number of nitrogens with one attached hydrogen (secondary N) is 1. The summed E-state index contributed by atoms with van der Waals surface area (Å²) in [6, 6.07) is 28.3. The molecule has 1 N–H and O–H groups in total. The number of hydrogen-bond donors (Lipinski definition) is 1. The number of unbranched alkanes of at least 4 members (excludes halogenated alkanes) is 2. The van der Waals surface area contributed by atoms with Crippen molar-refractivity contribution in [2.45, 2.75) is 24.4 Å². The van der Waals surface area contributed by atoms with Crippen LogP contribution < -0.4 is 4.74 Å². The summed E-state index contributed by atoms with van der Waals surface area (Å²) >= 11 is 7.67. The molecule has 0 aliphatic heterocycles. The molecule has 1 heterocycles. The summed E-state index contributed by atoms with van der Waals surface area (Å²) < 4.78 is 5.76. The Kier molecular flexibility index (Phi) is 7.70. The molecule has 0 spiro atoms. The zero-order valence-electron chi connectivity index (χ0n) is 17.3. The van der Waals surface area contributed by atoms with E-state index in [0.29, 0.717) is 0 Å². The van der Waals surface area contributed by atoms with Crippen molar-refractivity contribution < 1.29 is 4.74 Å². The molecule has 4 rings (SSSR count). The predicted molar refractivity (Wildman–Crippen MR) is 131 cm³/mol. The second kappa shape index (κ2) is 11.1. The first-order chi connectivity index (χ1) is 15.3. The Labute approximate surface area is 192 Å². The number of thioether (sulfide) groups is 1. The van der Waals surface area contributed by atoms with Gasteiger partial charge in [-0.05, 0) is 43.5 Å². The average Bonchev–Trinajstić information content (AvgIpc) is 3.25. The molecular formula is C26H25ClN2OS.